The first-order valence-corrected chi connectivity index (χ1v) is 5.09. The van der Waals surface area contributed by atoms with E-state index in [1.54, 1.807) is 0 Å². The Kier molecular flexibility index (Phi) is 3.84. The maximum absolute atomic E-state index is 12.1. The normalized spacial score (nSPS) is 23.3. The molecule has 0 aromatic heterocycles. The molecule has 82 valence electrons. The Morgan fingerprint density at radius 1 is 1.43 bits per heavy atom. The van der Waals surface area contributed by atoms with Gasteiger partial charge in [-0.15, -0.1) is 0 Å². The Morgan fingerprint density at radius 3 is 2.57 bits per heavy atom. The molecule has 1 heterocycles. The minimum absolute atomic E-state index is 0.381. The monoisotopic (exact) mass is 205 g/mol. The molecule has 0 bridgehead atoms. The van der Waals surface area contributed by atoms with E-state index in [0.717, 1.165) is 12.8 Å². The molecule has 0 saturated carbocycles. The Labute approximate surface area is 83.3 Å². The molecule has 1 saturated heterocycles. The number of piperidine rings is 1. The lowest BCUT2D eigenvalue weighted by Gasteiger charge is -2.34. The van der Waals surface area contributed by atoms with Gasteiger partial charge in [0.15, 0.2) is 0 Å². The summed E-state index contributed by atoms with van der Waals surface area (Å²) < 4.78 is 24.3. The third-order valence-corrected chi connectivity index (χ3v) is 2.90. The number of halogens is 2. The number of hydrogen-bond acceptors (Lipinski definition) is 1. The fraction of sp³-hybridized carbons (Fsp3) is 0.900. The van der Waals surface area contributed by atoms with Crippen LogP contribution >= 0.6 is 0 Å². The van der Waals surface area contributed by atoms with Crippen molar-refractivity contribution < 1.29 is 13.6 Å². The zero-order valence-electron chi connectivity index (χ0n) is 8.67. The topological polar surface area (TPSA) is 20.3 Å². The van der Waals surface area contributed by atoms with Crippen molar-refractivity contribution in [3.8, 4) is 0 Å². The number of rotatable bonds is 2. The van der Waals surface area contributed by atoms with Crippen LogP contribution in [0.25, 0.3) is 0 Å². The largest absolute Gasteiger partial charge is 0.337 e. The number of alkyl halides is 2. The van der Waals surface area contributed by atoms with Crippen LogP contribution in [-0.2, 0) is 4.79 Å². The van der Waals surface area contributed by atoms with Crippen LogP contribution in [0.4, 0.5) is 8.78 Å². The molecule has 1 atom stereocenters. The highest BCUT2D eigenvalue weighted by atomic mass is 19.3. The molecule has 1 fully saturated rings. The van der Waals surface area contributed by atoms with Gasteiger partial charge in [0.1, 0.15) is 0 Å². The van der Waals surface area contributed by atoms with Crippen LogP contribution in [0, 0.1) is 11.8 Å². The van der Waals surface area contributed by atoms with E-state index in [1.807, 2.05) is 0 Å². The van der Waals surface area contributed by atoms with Crippen LogP contribution in [0.3, 0.4) is 0 Å². The summed E-state index contributed by atoms with van der Waals surface area (Å²) in [6, 6.07) is 0. The van der Waals surface area contributed by atoms with E-state index in [4.69, 9.17) is 0 Å². The Balaban J connectivity index is 2.51. The summed E-state index contributed by atoms with van der Waals surface area (Å²) in [5.74, 6) is -0.162. The van der Waals surface area contributed by atoms with Gasteiger partial charge in [0, 0.05) is 13.1 Å². The maximum Gasteiger partial charge on any atom is 0.315 e. The lowest BCUT2D eigenvalue weighted by molar-refractivity contribution is -0.145. The van der Waals surface area contributed by atoms with Gasteiger partial charge in [0.2, 0.25) is 0 Å². The zero-order valence-corrected chi connectivity index (χ0v) is 8.67. The van der Waals surface area contributed by atoms with Gasteiger partial charge < -0.3 is 4.90 Å². The van der Waals surface area contributed by atoms with Crippen molar-refractivity contribution in [2.75, 3.05) is 13.1 Å². The first-order chi connectivity index (χ1) is 6.52. The first kappa shape index (κ1) is 11.4. The van der Waals surface area contributed by atoms with Gasteiger partial charge in [-0.2, -0.15) is 8.78 Å². The molecule has 0 aromatic carbocycles. The van der Waals surface area contributed by atoms with Crippen molar-refractivity contribution in [3.63, 3.8) is 0 Å². The van der Waals surface area contributed by atoms with Gasteiger partial charge in [0.25, 0.3) is 5.91 Å². The average Bonchev–Trinajstić information content (AvgIpc) is 2.16. The number of carbonyl (C=O) groups is 1. The van der Waals surface area contributed by atoms with Gasteiger partial charge in [-0.25, -0.2) is 0 Å². The summed E-state index contributed by atoms with van der Waals surface area (Å²) in [5.41, 5.74) is 0. The zero-order chi connectivity index (χ0) is 10.7. The third kappa shape index (κ3) is 2.66. The highest BCUT2D eigenvalue weighted by Crippen LogP contribution is 2.24. The summed E-state index contributed by atoms with van der Waals surface area (Å²) in [5, 5.41) is 0. The summed E-state index contributed by atoms with van der Waals surface area (Å²) >= 11 is 0. The molecule has 0 radical (unpaired) electrons. The smallest absolute Gasteiger partial charge is 0.315 e. The number of nitrogens with zero attached hydrogens (tertiary/aromatic N) is 1. The second-order valence-corrected chi connectivity index (χ2v) is 4.23. The van der Waals surface area contributed by atoms with Crippen molar-refractivity contribution in [1.82, 2.24) is 4.90 Å². The van der Waals surface area contributed by atoms with E-state index in [9.17, 15) is 13.6 Å². The molecule has 1 aliphatic rings. The fourth-order valence-corrected chi connectivity index (χ4v) is 1.89. The predicted octanol–water partition coefficient (Wildman–Crippen LogP) is 2.15. The van der Waals surface area contributed by atoms with Crippen molar-refractivity contribution in [2.24, 2.45) is 11.8 Å². The highest BCUT2D eigenvalue weighted by Gasteiger charge is 2.29. The molecule has 2 nitrogen and oxygen atoms in total. The van der Waals surface area contributed by atoms with E-state index in [-0.39, 0.29) is 0 Å². The number of amides is 1. The van der Waals surface area contributed by atoms with E-state index in [0.29, 0.717) is 24.9 Å². The minimum atomic E-state index is -2.85. The third-order valence-electron chi connectivity index (χ3n) is 2.90. The molecule has 1 unspecified atom stereocenters. The molecule has 1 rings (SSSR count). The van der Waals surface area contributed by atoms with Gasteiger partial charge >= 0.3 is 6.43 Å². The fourth-order valence-electron chi connectivity index (χ4n) is 1.89. The highest BCUT2D eigenvalue weighted by molar-refractivity contribution is 5.79. The molecule has 0 aromatic rings. The van der Waals surface area contributed by atoms with Crippen molar-refractivity contribution in [1.29, 1.82) is 0 Å². The van der Waals surface area contributed by atoms with Crippen LogP contribution in [0.2, 0.25) is 0 Å². The van der Waals surface area contributed by atoms with E-state index >= 15 is 0 Å². The quantitative estimate of drug-likeness (QED) is 0.676. The standard InChI is InChI=1S/C10H17F2NO/c1-7(2)8-4-3-5-13(6-8)10(14)9(11)12/h7-9H,3-6H2,1-2H3. The molecule has 14 heavy (non-hydrogen) atoms. The number of hydrogen-bond donors (Lipinski definition) is 0. The molecule has 1 amide bonds. The summed E-state index contributed by atoms with van der Waals surface area (Å²) in [7, 11) is 0. The van der Waals surface area contributed by atoms with Crippen molar-refractivity contribution >= 4 is 5.91 Å². The van der Waals surface area contributed by atoms with Gasteiger partial charge in [0.05, 0.1) is 0 Å². The molecular weight excluding hydrogens is 188 g/mol. The van der Waals surface area contributed by atoms with Gasteiger partial charge in [-0.3, -0.25) is 4.79 Å². The number of carbonyl (C=O) groups excluding carboxylic acids is 1. The summed E-state index contributed by atoms with van der Waals surface area (Å²) in [6.45, 7) is 5.13. The Bertz CT molecular complexity index is 206. The van der Waals surface area contributed by atoms with E-state index in [1.165, 1.54) is 4.90 Å². The predicted molar refractivity (Wildman–Crippen MR) is 50.1 cm³/mol. The van der Waals surface area contributed by atoms with Gasteiger partial charge in [-0.05, 0) is 24.7 Å². The van der Waals surface area contributed by atoms with Crippen molar-refractivity contribution in [2.45, 2.75) is 33.1 Å². The van der Waals surface area contributed by atoms with Crippen molar-refractivity contribution in [3.05, 3.63) is 0 Å². The Hall–Kier alpha value is -0.670. The summed E-state index contributed by atoms with van der Waals surface area (Å²) in [4.78, 5) is 12.3. The lowest BCUT2D eigenvalue weighted by atomic mass is 9.88. The van der Waals surface area contributed by atoms with Crippen LogP contribution in [-0.4, -0.2) is 30.3 Å². The van der Waals surface area contributed by atoms with E-state index < -0.39 is 12.3 Å². The molecule has 0 aliphatic carbocycles. The summed E-state index contributed by atoms with van der Waals surface area (Å²) in [6.07, 6.45) is -0.952. The molecular formula is C10H17F2NO. The average molecular weight is 205 g/mol. The minimum Gasteiger partial charge on any atom is -0.337 e. The van der Waals surface area contributed by atoms with E-state index in [2.05, 4.69) is 13.8 Å². The van der Waals surface area contributed by atoms with Crippen LogP contribution in [0.5, 0.6) is 0 Å². The molecule has 0 spiro atoms. The second-order valence-electron chi connectivity index (χ2n) is 4.23. The molecule has 4 heteroatoms. The number of likely N-dealkylation sites (tertiary alicyclic amines) is 1. The molecule has 0 N–H and O–H groups in total. The van der Waals surface area contributed by atoms with Crippen LogP contribution < -0.4 is 0 Å². The van der Waals surface area contributed by atoms with Crippen LogP contribution in [0.15, 0.2) is 0 Å². The van der Waals surface area contributed by atoms with Crippen LogP contribution in [0.1, 0.15) is 26.7 Å². The second kappa shape index (κ2) is 4.71. The van der Waals surface area contributed by atoms with Gasteiger partial charge in [-0.1, -0.05) is 13.8 Å². The maximum atomic E-state index is 12.1. The molecule has 1 aliphatic heterocycles. The SMILES string of the molecule is CC(C)C1CCCN(C(=O)C(F)F)C1. The Morgan fingerprint density at radius 2 is 2.07 bits per heavy atom. The lowest BCUT2D eigenvalue weighted by Crippen LogP contribution is -2.43. The first-order valence-electron chi connectivity index (χ1n) is 5.09.